The number of nitrogens with one attached hydrogen (secondary N) is 2. The van der Waals surface area contributed by atoms with E-state index in [1.165, 1.54) is 25.9 Å². The van der Waals surface area contributed by atoms with E-state index in [0.717, 1.165) is 30.9 Å². The fraction of sp³-hybridized carbons (Fsp3) is 0.714. The van der Waals surface area contributed by atoms with E-state index in [-0.39, 0.29) is 0 Å². The smallest absolute Gasteiger partial charge is 0.148 e. The third-order valence-corrected chi connectivity index (χ3v) is 3.82. The molecule has 20 heavy (non-hydrogen) atoms. The minimum atomic E-state index is 0.599. The van der Waals surface area contributed by atoms with E-state index >= 15 is 0 Å². The highest BCUT2D eigenvalue weighted by atomic mass is 15.3. The van der Waals surface area contributed by atoms with E-state index < -0.39 is 0 Å². The number of hydrogen-bond donors (Lipinski definition) is 3. The molecule has 6 heteroatoms. The summed E-state index contributed by atoms with van der Waals surface area (Å²) in [4.78, 5) is 11.0. The molecule has 6 nitrogen and oxygen atoms in total. The van der Waals surface area contributed by atoms with Crippen LogP contribution < -0.4 is 16.6 Å². The molecule has 0 aromatic carbocycles. The van der Waals surface area contributed by atoms with Gasteiger partial charge in [0.05, 0.1) is 0 Å². The van der Waals surface area contributed by atoms with Crippen molar-refractivity contribution in [3.8, 4) is 0 Å². The van der Waals surface area contributed by atoms with Crippen LogP contribution in [0, 0.1) is 5.92 Å². The third kappa shape index (κ3) is 3.80. The van der Waals surface area contributed by atoms with Gasteiger partial charge in [-0.3, -0.25) is 0 Å². The molecule has 2 heterocycles. The highest BCUT2D eigenvalue weighted by Gasteiger charge is 2.15. The first kappa shape index (κ1) is 15.0. The van der Waals surface area contributed by atoms with Crippen LogP contribution in [0.5, 0.6) is 0 Å². The van der Waals surface area contributed by atoms with Crippen LogP contribution in [0.3, 0.4) is 0 Å². The molecular formula is C14H26N6. The van der Waals surface area contributed by atoms with Crippen LogP contribution in [-0.4, -0.2) is 41.0 Å². The fourth-order valence-electron chi connectivity index (χ4n) is 2.77. The zero-order valence-corrected chi connectivity index (χ0v) is 12.5. The first-order chi connectivity index (χ1) is 9.74. The average Bonchev–Trinajstić information content (AvgIpc) is 2.97. The fourth-order valence-corrected chi connectivity index (χ4v) is 2.77. The number of rotatable bonds is 7. The quantitative estimate of drug-likeness (QED) is 0.518. The number of hydrogen-bond acceptors (Lipinski definition) is 6. The molecule has 1 aromatic rings. The van der Waals surface area contributed by atoms with Crippen molar-refractivity contribution < 1.29 is 0 Å². The van der Waals surface area contributed by atoms with Crippen LogP contribution >= 0.6 is 0 Å². The summed E-state index contributed by atoms with van der Waals surface area (Å²) < 4.78 is 0. The summed E-state index contributed by atoms with van der Waals surface area (Å²) in [6, 6.07) is 0. The van der Waals surface area contributed by atoms with Gasteiger partial charge in [-0.2, -0.15) is 0 Å². The monoisotopic (exact) mass is 278 g/mol. The van der Waals surface area contributed by atoms with Gasteiger partial charge in [-0.25, -0.2) is 15.8 Å². The number of hydrazine groups is 1. The largest absolute Gasteiger partial charge is 0.369 e. The molecule has 0 bridgehead atoms. The number of anilines is 2. The number of nitrogen functional groups attached to an aromatic ring is 1. The maximum absolute atomic E-state index is 5.49. The van der Waals surface area contributed by atoms with E-state index in [2.05, 4.69) is 39.5 Å². The van der Waals surface area contributed by atoms with E-state index in [1.807, 2.05) is 0 Å². The standard InChI is InChI=1S/C14H26N6/c1-3-12-13(17-10-18-14(12)19-15)16-8-11(2)9-20-6-4-5-7-20/h10-11H,3-9,15H2,1-2H3,(H2,16,17,18,19). The van der Waals surface area contributed by atoms with Crippen molar-refractivity contribution in [3.05, 3.63) is 11.9 Å². The van der Waals surface area contributed by atoms with Gasteiger partial charge in [0.2, 0.25) is 0 Å². The maximum Gasteiger partial charge on any atom is 0.148 e. The molecule has 1 atom stereocenters. The Balaban J connectivity index is 1.89. The Morgan fingerprint density at radius 3 is 2.65 bits per heavy atom. The van der Waals surface area contributed by atoms with Gasteiger partial charge in [0, 0.05) is 18.7 Å². The Kier molecular flexibility index (Phi) is 5.55. The summed E-state index contributed by atoms with van der Waals surface area (Å²) in [5, 5.41) is 3.44. The van der Waals surface area contributed by atoms with Crippen LogP contribution in [0.2, 0.25) is 0 Å². The van der Waals surface area contributed by atoms with E-state index in [4.69, 9.17) is 5.84 Å². The first-order valence-corrected chi connectivity index (χ1v) is 7.51. The molecule has 0 radical (unpaired) electrons. The summed E-state index contributed by atoms with van der Waals surface area (Å²) in [5.74, 6) is 7.68. The highest BCUT2D eigenvalue weighted by Crippen LogP contribution is 2.20. The molecule has 1 fully saturated rings. The summed E-state index contributed by atoms with van der Waals surface area (Å²) in [6.45, 7) is 8.93. The van der Waals surface area contributed by atoms with Gasteiger partial charge in [-0.1, -0.05) is 13.8 Å². The van der Waals surface area contributed by atoms with Crippen molar-refractivity contribution >= 4 is 11.6 Å². The zero-order chi connectivity index (χ0) is 14.4. The maximum atomic E-state index is 5.49. The zero-order valence-electron chi connectivity index (χ0n) is 12.5. The Morgan fingerprint density at radius 1 is 1.30 bits per heavy atom. The predicted molar refractivity (Wildman–Crippen MR) is 82.5 cm³/mol. The summed E-state index contributed by atoms with van der Waals surface area (Å²) in [6.07, 6.45) is 5.08. The van der Waals surface area contributed by atoms with Gasteiger partial charge in [0.15, 0.2) is 0 Å². The second kappa shape index (κ2) is 7.40. The highest BCUT2D eigenvalue weighted by molar-refractivity contribution is 5.56. The lowest BCUT2D eigenvalue weighted by Crippen LogP contribution is -2.29. The lowest BCUT2D eigenvalue weighted by Gasteiger charge is -2.21. The minimum Gasteiger partial charge on any atom is -0.369 e. The van der Waals surface area contributed by atoms with Crippen molar-refractivity contribution in [2.75, 3.05) is 36.9 Å². The topological polar surface area (TPSA) is 79.1 Å². The number of nitrogens with zero attached hydrogens (tertiary/aromatic N) is 3. The van der Waals surface area contributed by atoms with Crippen LogP contribution in [0.15, 0.2) is 6.33 Å². The lowest BCUT2D eigenvalue weighted by atomic mass is 10.1. The number of aromatic nitrogens is 2. The van der Waals surface area contributed by atoms with Gasteiger partial charge >= 0.3 is 0 Å². The van der Waals surface area contributed by atoms with Gasteiger partial charge in [-0.05, 0) is 38.3 Å². The third-order valence-electron chi connectivity index (χ3n) is 3.82. The molecule has 0 amide bonds. The molecule has 1 aromatic heterocycles. The SMILES string of the molecule is CCc1c(NN)ncnc1NCC(C)CN1CCCC1. The molecule has 0 aliphatic carbocycles. The molecule has 1 unspecified atom stereocenters. The minimum absolute atomic E-state index is 0.599. The Hall–Kier alpha value is -1.40. The second-order valence-corrected chi connectivity index (χ2v) is 5.54. The molecule has 0 spiro atoms. The van der Waals surface area contributed by atoms with Crippen molar-refractivity contribution in [1.82, 2.24) is 14.9 Å². The Morgan fingerprint density at radius 2 is 2.00 bits per heavy atom. The molecule has 1 aliphatic rings. The van der Waals surface area contributed by atoms with Crippen LogP contribution in [0.1, 0.15) is 32.3 Å². The Bertz CT molecular complexity index is 416. The average molecular weight is 278 g/mol. The van der Waals surface area contributed by atoms with Gasteiger partial charge in [0.1, 0.15) is 18.0 Å². The molecular weight excluding hydrogens is 252 g/mol. The number of nitrogens with two attached hydrogens (primary N) is 1. The molecule has 4 N–H and O–H groups in total. The summed E-state index contributed by atoms with van der Waals surface area (Å²) >= 11 is 0. The molecule has 1 saturated heterocycles. The molecule has 1 aliphatic heterocycles. The second-order valence-electron chi connectivity index (χ2n) is 5.54. The summed E-state index contributed by atoms with van der Waals surface area (Å²) in [5.41, 5.74) is 3.68. The molecule has 0 saturated carbocycles. The Labute approximate surface area is 121 Å². The normalized spacial score (nSPS) is 17.1. The van der Waals surface area contributed by atoms with Crippen LogP contribution in [0.25, 0.3) is 0 Å². The van der Waals surface area contributed by atoms with Gasteiger partial charge in [0.25, 0.3) is 0 Å². The van der Waals surface area contributed by atoms with Crippen molar-refractivity contribution in [3.63, 3.8) is 0 Å². The number of likely N-dealkylation sites (tertiary alicyclic amines) is 1. The van der Waals surface area contributed by atoms with E-state index in [9.17, 15) is 0 Å². The molecule has 2 rings (SSSR count). The predicted octanol–water partition coefficient (Wildman–Crippen LogP) is 1.47. The van der Waals surface area contributed by atoms with Crippen LogP contribution in [-0.2, 0) is 6.42 Å². The summed E-state index contributed by atoms with van der Waals surface area (Å²) in [7, 11) is 0. The van der Waals surface area contributed by atoms with Gasteiger partial charge < -0.3 is 15.6 Å². The lowest BCUT2D eigenvalue weighted by molar-refractivity contribution is 0.294. The van der Waals surface area contributed by atoms with Crippen molar-refractivity contribution in [1.29, 1.82) is 0 Å². The first-order valence-electron chi connectivity index (χ1n) is 7.51. The van der Waals surface area contributed by atoms with E-state index in [1.54, 1.807) is 6.33 Å². The molecule has 112 valence electrons. The van der Waals surface area contributed by atoms with E-state index in [0.29, 0.717) is 11.7 Å². The van der Waals surface area contributed by atoms with Crippen molar-refractivity contribution in [2.24, 2.45) is 11.8 Å². The van der Waals surface area contributed by atoms with Crippen molar-refractivity contribution in [2.45, 2.75) is 33.1 Å². The van der Waals surface area contributed by atoms with Crippen LogP contribution in [0.4, 0.5) is 11.6 Å². The van der Waals surface area contributed by atoms with Gasteiger partial charge in [-0.15, -0.1) is 0 Å².